The van der Waals surface area contributed by atoms with Gasteiger partial charge in [0.15, 0.2) is 0 Å². The van der Waals surface area contributed by atoms with Gasteiger partial charge < -0.3 is 5.32 Å². The molecule has 11 heteroatoms. The van der Waals surface area contributed by atoms with Gasteiger partial charge in [-0.05, 0) is 66.9 Å². The number of halogens is 5. The summed E-state index contributed by atoms with van der Waals surface area (Å²) in [5.41, 5.74) is -0.805. The molecule has 0 aromatic heterocycles. The normalized spacial score (nSPS) is 14.0. The molecule has 0 fully saturated rings. The summed E-state index contributed by atoms with van der Waals surface area (Å²) in [5, 5.41) is 2.36. The molecule has 3 aromatic carbocycles. The number of rotatable bonds is 4. The first-order valence-electron chi connectivity index (χ1n) is 10.1. The van der Waals surface area contributed by atoms with E-state index < -0.39 is 44.9 Å². The highest BCUT2D eigenvalue weighted by molar-refractivity contribution is 7.92. The zero-order chi connectivity index (χ0) is 24.7. The zero-order valence-electron chi connectivity index (χ0n) is 17.4. The Balaban J connectivity index is 1.66. The number of nitrogens with one attached hydrogen (secondary N) is 1. The van der Waals surface area contributed by atoms with Gasteiger partial charge in [0.25, 0.3) is 15.9 Å². The number of nitrogens with zero attached hydrogens (tertiary/aromatic N) is 1. The minimum atomic E-state index is -4.61. The van der Waals surface area contributed by atoms with Crippen LogP contribution in [0.3, 0.4) is 0 Å². The molecule has 1 heterocycles. The molecule has 0 atom stereocenters. The zero-order valence-corrected chi connectivity index (χ0v) is 18.2. The first kappa shape index (κ1) is 23.7. The Morgan fingerprint density at radius 3 is 2.21 bits per heavy atom. The van der Waals surface area contributed by atoms with E-state index >= 15 is 0 Å². The van der Waals surface area contributed by atoms with Gasteiger partial charge in [0.1, 0.15) is 17.2 Å². The van der Waals surface area contributed by atoms with Crippen LogP contribution in [0.1, 0.15) is 27.9 Å². The Labute approximate surface area is 191 Å². The Morgan fingerprint density at radius 2 is 1.59 bits per heavy atom. The van der Waals surface area contributed by atoms with Gasteiger partial charge in [-0.25, -0.2) is 17.2 Å². The number of anilines is 2. The second-order valence-electron chi connectivity index (χ2n) is 7.60. The molecule has 4 rings (SSSR count). The van der Waals surface area contributed by atoms with Gasteiger partial charge in [-0.3, -0.25) is 9.10 Å². The smallest absolute Gasteiger partial charge is 0.322 e. The second-order valence-corrected chi connectivity index (χ2v) is 9.46. The average molecular weight is 496 g/mol. The first-order valence-corrected chi connectivity index (χ1v) is 11.5. The Kier molecular flexibility index (Phi) is 6.07. The quantitative estimate of drug-likeness (QED) is 0.494. The van der Waals surface area contributed by atoms with Crippen molar-refractivity contribution in [1.82, 2.24) is 0 Å². The number of sulfonamides is 1. The van der Waals surface area contributed by atoms with Crippen molar-refractivity contribution in [2.24, 2.45) is 0 Å². The maximum absolute atomic E-state index is 13.9. The van der Waals surface area contributed by atoms with E-state index in [0.29, 0.717) is 30.5 Å². The third-order valence-electron chi connectivity index (χ3n) is 5.38. The number of carbonyl (C=O) groups is 1. The van der Waals surface area contributed by atoms with Crippen LogP contribution in [0.15, 0.2) is 65.6 Å². The van der Waals surface area contributed by atoms with Crippen molar-refractivity contribution in [2.45, 2.75) is 23.9 Å². The lowest BCUT2D eigenvalue weighted by Gasteiger charge is -2.31. The molecule has 0 radical (unpaired) electrons. The average Bonchev–Trinajstić information content (AvgIpc) is 2.78. The maximum Gasteiger partial charge on any atom is 0.416 e. The van der Waals surface area contributed by atoms with Crippen LogP contribution in [0.25, 0.3) is 0 Å². The molecule has 3 aromatic rings. The SMILES string of the molecule is O=C(Nc1ccc2c(c1)N(S(=O)(=O)c1ccc(C(F)(F)F)cc1)CCC2)c1c(F)cccc1F. The van der Waals surface area contributed by atoms with E-state index in [2.05, 4.69) is 5.32 Å². The topological polar surface area (TPSA) is 66.5 Å². The largest absolute Gasteiger partial charge is 0.416 e. The summed E-state index contributed by atoms with van der Waals surface area (Å²) in [6.45, 7) is 0.0652. The summed E-state index contributed by atoms with van der Waals surface area (Å²) in [5.74, 6) is -3.16. The molecule has 0 saturated carbocycles. The van der Waals surface area contributed by atoms with Gasteiger partial charge >= 0.3 is 6.18 Å². The van der Waals surface area contributed by atoms with E-state index in [1.165, 1.54) is 12.1 Å². The van der Waals surface area contributed by atoms with Crippen LogP contribution in [-0.4, -0.2) is 20.9 Å². The minimum Gasteiger partial charge on any atom is -0.322 e. The van der Waals surface area contributed by atoms with Crippen molar-refractivity contribution >= 4 is 27.3 Å². The Hall–Kier alpha value is -3.47. The number of aryl methyl sites for hydroxylation is 1. The fourth-order valence-electron chi connectivity index (χ4n) is 3.72. The number of fused-ring (bicyclic) bond motifs is 1. The van der Waals surface area contributed by atoms with E-state index in [0.717, 1.165) is 34.6 Å². The van der Waals surface area contributed by atoms with Crippen LogP contribution in [-0.2, 0) is 22.6 Å². The molecule has 0 aliphatic carbocycles. The molecule has 1 amide bonds. The predicted molar refractivity (Wildman–Crippen MR) is 115 cm³/mol. The number of hydrogen-bond acceptors (Lipinski definition) is 3. The summed E-state index contributed by atoms with van der Waals surface area (Å²) in [7, 11) is -4.22. The van der Waals surface area contributed by atoms with E-state index in [4.69, 9.17) is 0 Å². The summed E-state index contributed by atoms with van der Waals surface area (Å²) >= 11 is 0. The number of benzene rings is 3. The lowest BCUT2D eigenvalue weighted by molar-refractivity contribution is -0.137. The molecule has 5 nitrogen and oxygen atoms in total. The van der Waals surface area contributed by atoms with Crippen molar-refractivity contribution in [3.63, 3.8) is 0 Å². The van der Waals surface area contributed by atoms with Crippen molar-refractivity contribution in [1.29, 1.82) is 0 Å². The van der Waals surface area contributed by atoms with Gasteiger partial charge in [0.2, 0.25) is 0 Å². The van der Waals surface area contributed by atoms with Crippen LogP contribution in [0.2, 0.25) is 0 Å². The van der Waals surface area contributed by atoms with Gasteiger partial charge in [-0.15, -0.1) is 0 Å². The van der Waals surface area contributed by atoms with E-state index in [1.807, 2.05) is 0 Å². The number of hydrogen-bond donors (Lipinski definition) is 1. The molecule has 0 bridgehead atoms. The lowest BCUT2D eigenvalue weighted by Crippen LogP contribution is -2.35. The third kappa shape index (κ3) is 4.47. The second kappa shape index (κ2) is 8.71. The summed E-state index contributed by atoms with van der Waals surface area (Å²) < 4.78 is 93.9. The standard InChI is InChI=1S/C23H17F5N2O3S/c24-18-4-1-5-19(25)21(18)22(31)29-16-9-6-14-3-2-12-30(20(14)13-16)34(32,33)17-10-7-15(8-11-17)23(26,27)28/h1,4-11,13H,2-3,12H2,(H,29,31). The molecule has 1 aliphatic rings. The van der Waals surface area contributed by atoms with E-state index in [9.17, 15) is 35.2 Å². The summed E-state index contributed by atoms with van der Waals surface area (Å²) in [4.78, 5) is 12.1. The highest BCUT2D eigenvalue weighted by atomic mass is 32.2. The van der Waals surface area contributed by atoms with Crippen molar-refractivity contribution in [3.05, 3.63) is 89.0 Å². The van der Waals surface area contributed by atoms with Crippen LogP contribution in [0.5, 0.6) is 0 Å². The molecule has 0 spiro atoms. The van der Waals surface area contributed by atoms with Crippen LogP contribution < -0.4 is 9.62 Å². The van der Waals surface area contributed by atoms with Crippen molar-refractivity contribution in [2.75, 3.05) is 16.2 Å². The molecule has 1 aliphatic heterocycles. The molecule has 0 saturated heterocycles. The van der Waals surface area contributed by atoms with Crippen LogP contribution in [0, 0.1) is 11.6 Å². The van der Waals surface area contributed by atoms with E-state index in [-0.39, 0.29) is 22.8 Å². The van der Waals surface area contributed by atoms with Gasteiger partial charge in [-0.1, -0.05) is 12.1 Å². The highest BCUT2D eigenvalue weighted by Gasteiger charge is 2.33. The van der Waals surface area contributed by atoms with Gasteiger partial charge in [0.05, 0.1) is 16.1 Å². The van der Waals surface area contributed by atoms with Crippen molar-refractivity contribution < 1.29 is 35.2 Å². The van der Waals surface area contributed by atoms with E-state index in [1.54, 1.807) is 6.07 Å². The third-order valence-corrected chi connectivity index (χ3v) is 7.21. The highest BCUT2D eigenvalue weighted by Crippen LogP contribution is 2.35. The number of carbonyl (C=O) groups excluding carboxylic acids is 1. The molecular formula is C23H17F5N2O3S. The number of alkyl halides is 3. The summed E-state index contributed by atoms with van der Waals surface area (Å²) in [6.07, 6.45) is -3.60. The summed E-state index contributed by atoms with van der Waals surface area (Å²) in [6, 6.07) is 10.6. The Bertz CT molecular complexity index is 1340. The van der Waals surface area contributed by atoms with Gasteiger partial charge in [-0.2, -0.15) is 13.2 Å². The molecule has 1 N–H and O–H groups in total. The fraction of sp³-hybridized carbons (Fsp3) is 0.174. The molecule has 178 valence electrons. The first-order chi connectivity index (χ1) is 16.0. The van der Waals surface area contributed by atoms with Crippen LogP contribution in [0.4, 0.5) is 33.3 Å². The maximum atomic E-state index is 13.9. The van der Waals surface area contributed by atoms with Crippen molar-refractivity contribution in [3.8, 4) is 0 Å². The molecule has 34 heavy (non-hydrogen) atoms. The van der Waals surface area contributed by atoms with Gasteiger partial charge in [0, 0.05) is 12.2 Å². The van der Waals surface area contributed by atoms with Crippen LogP contribution >= 0.6 is 0 Å². The monoisotopic (exact) mass is 496 g/mol. The molecular weight excluding hydrogens is 479 g/mol. The lowest BCUT2D eigenvalue weighted by atomic mass is 10.0. The Morgan fingerprint density at radius 1 is 0.941 bits per heavy atom. The molecule has 0 unspecified atom stereocenters. The fourth-order valence-corrected chi connectivity index (χ4v) is 5.25. The predicted octanol–water partition coefficient (Wildman–Crippen LogP) is 5.38. The number of amides is 1. The minimum absolute atomic E-state index is 0.0652.